The van der Waals surface area contributed by atoms with Gasteiger partial charge in [0.1, 0.15) is 0 Å². The summed E-state index contributed by atoms with van der Waals surface area (Å²) < 4.78 is 5.10. The molecule has 0 atom stereocenters. The summed E-state index contributed by atoms with van der Waals surface area (Å²) >= 11 is 0. The lowest BCUT2D eigenvalue weighted by molar-refractivity contribution is 1.01. The van der Waals surface area contributed by atoms with Gasteiger partial charge in [-0.05, 0) is 74.4 Å². The molecular weight excluding hydrogens is 593 g/mol. The third-order valence-corrected chi connectivity index (χ3v) is 11.4. The highest BCUT2D eigenvalue weighted by molar-refractivity contribution is 6.92. The van der Waals surface area contributed by atoms with E-state index in [4.69, 9.17) is 0 Å². The van der Waals surface area contributed by atoms with Crippen molar-refractivity contribution < 1.29 is 0 Å². The first-order valence-corrected chi connectivity index (χ1v) is 17.1. The molecule has 0 radical (unpaired) electrons. The Morgan fingerprint density at radius 1 is 0.449 bits per heavy atom. The number of nitrogens with zero attached hydrogens (tertiary/aromatic N) is 3. The third-order valence-electron chi connectivity index (χ3n) is 11.4. The Hall–Kier alpha value is -6.26. The van der Waals surface area contributed by atoms with Gasteiger partial charge in [0, 0.05) is 62.1 Å². The fourth-order valence-electron chi connectivity index (χ4n) is 9.47. The predicted molar refractivity (Wildman–Crippen MR) is 209 cm³/mol. The third kappa shape index (κ3) is 3.10. The Morgan fingerprint density at radius 3 is 1.98 bits per heavy atom. The summed E-state index contributed by atoms with van der Waals surface area (Å²) in [4.78, 5) is 2.58. The molecule has 0 bridgehead atoms. The van der Waals surface area contributed by atoms with Crippen LogP contribution in [0.15, 0.2) is 152 Å². The highest BCUT2D eigenvalue weighted by Gasteiger charge is 2.45. The molecule has 0 unspecified atom stereocenters. The number of anilines is 3. The molecule has 2 aliphatic heterocycles. The molecule has 4 heterocycles. The normalized spacial score (nSPS) is 13.3. The van der Waals surface area contributed by atoms with Crippen LogP contribution in [0.2, 0.25) is 0 Å². The largest absolute Gasteiger partial charge is 0.375 e. The van der Waals surface area contributed by atoms with Crippen LogP contribution in [0.25, 0.3) is 76.3 Å². The topological polar surface area (TPSA) is 13.1 Å². The lowest BCUT2D eigenvalue weighted by Gasteiger charge is -2.41. The Balaban J connectivity index is 1.36. The average Bonchev–Trinajstić information content (AvgIpc) is 3.65. The quantitative estimate of drug-likeness (QED) is 0.166. The van der Waals surface area contributed by atoms with Gasteiger partial charge in [0.05, 0.1) is 11.2 Å². The van der Waals surface area contributed by atoms with Gasteiger partial charge < -0.3 is 13.9 Å². The second-order valence-corrected chi connectivity index (χ2v) is 13.7. The SMILES string of the molecule is Cn1c2ccccc2c2cc3c4c(c21)N(c1ccc2ccccc2c1)c1ccc2ccccc2c1B4n1c2ccccc2c2cccc-3c21. The Labute approximate surface area is 282 Å². The average molecular weight is 622 g/mol. The van der Waals surface area contributed by atoms with Crippen molar-refractivity contribution in [2.24, 2.45) is 7.05 Å². The molecule has 49 heavy (non-hydrogen) atoms. The second-order valence-electron chi connectivity index (χ2n) is 13.7. The van der Waals surface area contributed by atoms with Crippen LogP contribution < -0.4 is 15.8 Å². The molecule has 2 aliphatic rings. The zero-order valence-electron chi connectivity index (χ0n) is 26.9. The van der Waals surface area contributed by atoms with Crippen LogP contribution in [0.1, 0.15) is 0 Å². The van der Waals surface area contributed by atoms with Crippen molar-refractivity contribution in [3.05, 3.63) is 152 Å². The van der Waals surface area contributed by atoms with Gasteiger partial charge in [0.2, 0.25) is 0 Å². The molecule has 8 aromatic carbocycles. The Bertz CT molecular complexity index is 3090. The first-order chi connectivity index (χ1) is 24.3. The van der Waals surface area contributed by atoms with Crippen molar-refractivity contribution in [2.45, 2.75) is 0 Å². The van der Waals surface area contributed by atoms with Crippen molar-refractivity contribution in [3.8, 4) is 11.1 Å². The molecule has 0 aliphatic carbocycles. The van der Waals surface area contributed by atoms with Crippen LogP contribution in [-0.2, 0) is 7.05 Å². The van der Waals surface area contributed by atoms with Crippen LogP contribution in [0, 0.1) is 0 Å². The number of aromatic nitrogens is 2. The van der Waals surface area contributed by atoms with Gasteiger partial charge in [-0.25, -0.2) is 0 Å². The number of hydrogen-bond acceptors (Lipinski definition) is 1. The van der Waals surface area contributed by atoms with Gasteiger partial charge in [0.25, 0.3) is 0 Å². The van der Waals surface area contributed by atoms with E-state index in [1.165, 1.54) is 104 Å². The highest BCUT2D eigenvalue weighted by atomic mass is 15.2. The fraction of sp³-hybridized carbons (Fsp3) is 0.0222. The molecule has 4 heteroatoms. The summed E-state index contributed by atoms with van der Waals surface area (Å²) in [5.74, 6) is 0. The summed E-state index contributed by atoms with van der Waals surface area (Å²) in [6.07, 6.45) is 0. The van der Waals surface area contributed by atoms with Crippen LogP contribution in [0.4, 0.5) is 17.1 Å². The molecule has 2 aromatic heterocycles. The van der Waals surface area contributed by atoms with Crippen molar-refractivity contribution in [2.75, 3.05) is 4.90 Å². The molecule has 3 nitrogen and oxygen atoms in total. The van der Waals surface area contributed by atoms with Crippen molar-refractivity contribution in [1.82, 2.24) is 9.05 Å². The number of benzene rings is 8. The second kappa shape index (κ2) is 9.00. The predicted octanol–water partition coefficient (Wildman–Crippen LogP) is 10.2. The maximum Gasteiger partial charge on any atom is 0.333 e. The van der Waals surface area contributed by atoms with Gasteiger partial charge in [-0.1, -0.05) is 115 Å². The molecule has 0 N–H and O–H groups in total. The lowest BCUT2D eigenvalue weighted by Crippen LogP contribution is -2.57. The fourth-order valence-corrected chi connectivity index (χ4v) is 9.47. The van der Waals surface area contributed by atoms with Crippen LogP contribution in [0.5, 0.6) is 0 Å². The standard InChI is InChI=1S/C45H28BN3/c1-47-38-19-8-6-16-33(38)37-26-36-35-18-10-17-34-32-15-7-9-20-39(32)49(43(34)35)46-41-31-14-5-4-12-28(31)22-24-40(41)48(45(42(36)46)44(37)47)30-23-21-27-11-2-3-13-29(27)25-30/h2-26H,1H3. The van der Waals surface area contributed by atoms with Crippen LogP contribution in [0.3, 0.4) is 0 Å². The number of aryl methyl sites for hydroxylation is 1. The molecule has 0 amide bonds. The zero-order chi connectivity index (χ0) is 32.0. The minimum Gasteiger partial charge on any atom is -0.375 e. The summed E-state index contributed by atoms with van der Waals surface area (Å²) in [7, 11) is 2.25. The molecular formula is C45H28BN3. The van der Waals surface area contributed by atoms with Crippen LogP contribution >= 0.6 is 0 Å². The smallest absolute Gasteiger partial charge is 0.333 e. The molecule has 0 saturated heterocycles. The zero-order valence-corrected chi connectivity index (χ0v) is 26.9. The molecule has 12 rings (SSSR count). The van der Waals surface area contributed by atoms with Crippen molar-refractivity contribution >= 4 is 100.0 Å². The minimum atomic E-state index is -0.0116. The van der Waals surface area contributed by atoms with Gasteiger partial charge in [-0.15, -0.1) is 0 Å². The van der Waals surface area contributed by atoms with Crippen LogP contribution in [-0.4, -0.2) is 15.9 Å². The summed E-state index contributed by atoms with van der Waals surface area (Å²) in [5, 5.41) is 10.3. The number of para-hydroxylation sites is 3. The Morgan fingerprint density at radius 2 is 1.12 bits per heavy atom. The number of hydrogen-bond donors (Lipinski definition) is 0. The van der Waals surface area contributed by atoms with Crippen molar-refractivity contribution in [3.63, 3.8) is 0 Å². The molecule has 0 spiro atoms. The monoisotopic (exact) mass is 621 g/mol. The first-order valence-electron chi connectivity index (χ1n) is 17.1. The summed E-state index contributed by atoms with van der Waals surface area (Å²) in [6, 6.07) is 56.6. The minimum absolute atomic E-state index is 0.0116. The maximum atomic E-state index is 2.67. The molecule has 0 fully saturated rings. The molecule has 226 valence electrons. The first kappa shape index (κ1) is 25.8. The van der Waals surface area contributed by atoms with E-state index in [2.05, 4.69) is 173 Å². The van der Waals surface area contributed by atoms with E-state index < -0.39 is 0 Å². The van der Waals surface area contributed by atoms with E-state index >= 15 is 0 Å². The molecule has 0 saturated carbocycles. The van der Waals surface area contributed by atoms with Gasteiger partial charge in [-0.3, -0.25) is 0 Å². The maximum absolute atomic E-state index is 2.67. The number of fused-ring (bicyclic) bond motifs is 14. The highest BCUT2D eigenvalue weighted by Crippen LogP contribution is 2.50. The van der Waals surface area contributed by atoms with E-state index in [1.807, 2.05) is 0 Å². The van der Waals surface area contributed by atoms with E-state index in [0.29, 0.717) is 0 Å². The summed E-state index contributed by atoms with van der Waals surface area (Å²) in [6.45, 7) is -0.0116. The van der Waals surface area contributed by atoms with E-state index in [-0.39, 0.29) is 6.85 Å². The lowest BCUT2D eigenvalue weighted by atomic mass is 9.44. The van der Waals surface area contributed by atoms with Gasteiger partial charge in [-0.2, -0.15) is 0 Å². The van der Waals surface area contributed by atoms with Gasteiger partial charge >= 0.3 is 6.85 Å². The van der Waals surface area contributed by atoms with E-state index in [9.17, 15) is 0 Å². The Kier molecular flexibility index (Phi) is 4.74. The van der Waals surface area contributed by atoms with E-state index in [0.717, 1.165) is 0 Å². The van der Waals surface area contributed by atoms with Crippen molar-refractivity contribution in [1.29, 1.82) is 0 Å². The van der Waals surface area contributed by atoms with E-state index in [1.54, 1.807) is 0 Å². The molecule has 10 aromatic rings. The number of rotatable bonds is 1. The van der Waals surface area contributed by atoms with Gasteiger partial charge in [0.15, 0.2) is 0 Å². The summed E-state index contributed by atoms with van der Waals surface area (Å²) in [5.41, 5.74) is 14.2.